The lowest BCUT2D eigenvalue weighted by Gasteiger charge is -2.00. The fraction of sp³-hybridized carbons (Fsp3) is 0.333. The van der Waals surface area contributed by atoms with Gasteiger partial charge >= 0.3 is 0 Å². The van der Waals surface area contributed by atoms with Crippen molar-refractivity contribution in [3.8, 4) is 0 Å². The van der Waals surface area contributed by atoms with E-state index in [1.807, 2.05) is 13.0 Å². The van der Waals surface area contributed by atoms with Gasteiger partial charge in [-0.25, -0.2) is 0 Å². The Morgan fingerprint density at radius 2 is 2.50 bits per heavy atom. The Labute approximate surface area is 54.1 Å². The topological polar surface area (TPSA) is 12.4 Å². The van der Waals surface area contributed by atoms with E-state index < -0.39 is 0 Å². The van der Waals surface area contributed by atoms with Crippen LogP contribution < -0.4 is 0 Å². The summed E-state index contributed by atoms with van der Waals surface area (Å²) in [5.74, 6) is 0. The quantitative estimate of drug-likeness (QED) is 0.449. The standard InChI is InChI=1S/C6H7NS/c1-5-4-6(8)2-3-7-5/h2-3H,4H2,1H3. The second-order valence-electron chi connectivity index (χ2n) is 1.82. The van der Waals surface area contributed by atoms with Crippen molar-refractivity contribution in [3.05, 3.63) is 12.3 Å². The summed E-state index contributed by atoms with van der Waals surface area (Å²) in [4.78, 5) is 5.01. The SMILES string of the molecule is CC1=NC=CC(=S)C1. The maximum Gasteiger partial charge on any atom is 0.0278 e. The van der Waals surface area contributed by atoms with E-state index in [1.54, 1.807) is 6.20 Å². The highest BCUT2D eigenvalue weighted by Gasteiger charge is 1.97. The molecule has 1 aliphatic rings. The highest BCUT2D eigenvalue weighted by atomic mass is 32.1. The molecule has 0 aliphatic carbocycles. The highest BCUT2D eigenvalue weighted by Crippen LogP contribution is 1.99. The summed E-state index contributed by atoms with van der Waals surface area (Å²) in [7, 11) is 0. The first-order valence-corrected chi connectivity index (χ1v) is 2.92. The smallest absolute Gasteiger partial charge is 0.0278 e. The molecule has 0 amide bonds. The maximum absolute atomic E-state index is 4.92. The zero-order valence-electron chi connectivity index (χ0n) is 4.72. The van der Waals surface area contributed by atoms with Gasteiger partial charge in [-0.3, -0.25) is 4.99 Å². The Hall–Kier alpha value is -0.500. The van der Waals surface area contributed by atoms with Gasteiger partial charge in [-0.2, -0.15) is 0 Å². The molecule has 8 heavy (non-hydrogen) atoms. The number of hydrogen-bond donors (Lipinski definition) is 0. The van der Waals surface area contributed by atoms with Crippen molar-refractivity contribution >= 4 is 22.8 Å². The third-order valence-corrected chi connectivity index (χ3v) is 1.27. The molecular weight excluding hydrogens is 118 g/mol. The van der Waals surface area contributed by atoms with Crippen molar-refractivity contribution in [1.82, 2.24) is 0 Å². The van der Waals surface area contributed by atoms with Gasteiger partial charge in [0.05, 0.1) is 0 Å². The zero-order valence-corrected chi connectivity index (χ0v) is 5.53. The van der Waals surface area contributed by atoms with Gasteiger partial charge < -0.3 is 0 Å². The second kappa shape index (κ2) is 2.18. The molecule has 0 spiro atoms. The molecule has 0 aromatic carbocycles. The van der Waals surface area contributed by atoms with Crippen LogP contribution in [0.2, 0.25) is 0 Å². The first kappa shape index (κ1) is 5.63. The largest absolute Gasteiger partial charge is 0.266 e. The minimum Gasteiger partial charge on any atom is -0.266 e. The van der Waals surface area contributed by atoms with Crippen LogP contribution in [0.15, 0.2) is 17.3 Å². The van der Waals surface area contributed by atoms with Gasteiger partial charge in [0, 0.05) is 23.2 Å². The van der Waals surface area contributed by atoms with Crippen LogP contribution in [0.5, 0.6) is 0 Å². The predicted molar refractivity (Wildman–Crippen MR) is 39.5 cm³/mol. The predicted octanol–water partition coefficient (Wildman–Crippen LogP) is 1.73. The van der Waals surface area contributed by atoms with Gasteiger partial charge in [-0.15, -0.1) is 0 Å². The Kier molecular flexibility index (Phi) is 1.53. The summed E-state index contributed by atoms with van der Waals surface area (Å²) in [6.45, 7) is 1.98. The van der Waals surface area contributed by atoms with Crippen molar-refractivity contribution in [2.75, 3.05) is 0 Å². The highest BCUT2D eigenvalue weighted by molar-refractivity contribution is 7.80. The van der Waals surface area contributed by atoms with Gasteiger partial charge in [0.2, 0.25) is 0 Å². The molecule has 1 nitrogen and oxygen atoms in total. The van der Waals surface area contributed by atoms with Gasteiger partial charge in [-0.05, 0) is 13.0 Å². The van der Waals surface area contributed by atoms with E-state index in [1.165, 1.54) is 0 Å². The number of hydrogen-bond acceptors (Lipinski definition) is 2. The summed E-state index contributed by atoms with van der Waals surface area (Å²) in [5.41, 5.74) is 1.11. The average Bonchev–Trinajstić information content (AvgIpc) is 1.64. The summed E-state index contributed by atoms with van der Waals surface area (Å²) in [6.07, 6.45) is 4.48. The average molecular weight is 125 g/mol. The van der Waals surface area contributed by atoms with Crippen LogP contribution in [-0.4, -0.2) is 10.6 Å². The molecule has 0 unspecified atom stereocenters. The molecule has 0 saturated heterocycles. The fourth-order valence-electron chi connectivity index (χ4n) is 0.604. The molecule has 0 bridgehead atoms. The zero-order chi connectivity index (χ0) is 5.98. The van der Waals surface area contributed by atoms with Gasteiger partial charge in [-0.1, -0.05) is 12.2 Å². The molecule has 42 valence electrons. The third kappa shape index (κ3) is 1.23. The molecular formula is C6H7NS. The molecule has 2 heteroatoms. The lowest BCUT2D eigenvalue weighted by atomic mass is 10.2. The summed E-state index contributed by atoms with van der Waals surface area (Å²) in [5, 5.41) is 0. The van der Waals surface area contributed by atoms with E-state index in [4.69, 9.17) is 12.2 Å². The lowest BCUT2D eigenvalue weighted by Crippen LogP contribution is -2.01. The number of thiocarbonyl (C=S) groups is 1. The normalized spacial score (nSPS) is 18.6. The van der Waals surface area contributed by atoms with E-state index in [0.717, 1.165) is 17.0 Å². The molecule has 1 rings (SSSR count). The lowest BCUT2D eigenvalue weighted by molar-refractivity contribution is 1.42. The number of nitrogens with zero attached hydrogens (tertiary/aromatic N) is 1. The van der Waals surface area contributed by atoms with E-state index in [2.05, 4.69) is 4.99 Å². The Bertz CT molecular complexity index is 167. The molecule has 0 aromatic heterocycles. The van der Waals surface area contributed by atoms with Crippen molar-refractivity contribution in [1.29, 1.82) is 0 Å². The molecule has 0 N–H and O–H groups in total. The Balaban J connectivity index is 2.73. The maximum atomic E-state index is 4.92. The number of aliphatic imine (C=N–C) groups is 1. The fourth-order valence-corrected chi connectivity index (χ4v) is 0.874. The van der Waals surface area contributed by atoms with E-state index in [0.29, 0.717) is 0 Å². The molecule has 0 saturated carbocycles. The minimum atomic E-state index is 0.867. The van der Waals surface area contributed by atoms with Gasteiger partial charge in [0.15, 0.2) is 0 Å². The van der Waals surface area contributed by atoms with Crippen molar-refractivity contribution in [2.24, 2.45) is 4.99 Å². The monoisotopic (exact) mass is 125 g/mol. The molecule has 0 fully saturated rings. The van der Waals surface area contributed by atoms with Crippen molar-refractivity contribution in [2.45, 2.75) is 13.3 Å². The molecule has 0 aromatic rings. The van der Waals surface area contributed by atoms with Crippen LogP contribution in [-0.2, 0) is 0 Å². The van der Waals surface area contributed by atoms with Gasteiger partial charge in [0.1, 0.15) is 0 Å². The summed E-state index contributed by atoms with van der Waals surface area (Å²) >= 11 is 4.92. The minimum absolute atomic E-state index is 0.867. The second-order valence-corrected chi connectivity index (χ2v) is 2.35. The molecule has 1 aliphatic heterocycles. The van der Waals surface area contributed by atoms with Crippen LogP contribution in [0.25, 0.3) is 0 Å². The van der Waals surface area contributed by atoms with Crippen LogP contribution >= 0.6 is 12.2 Å². The number of allylic oxidation sites excluding steroid dienone is 1. The first-order chi connectivity index (χ1) is 3.79. The van der Waals surface area contributed by atoms with E-state index >= 15 is 0 Å². The molecule has 0 atom stereocenters. The summed E-state index contributed by atoms with van der Waals surface area (Å²) in [6, 6.07) is 0. The van der Waals surface area contributed by atoms with E-state index in [9.17, 15) is 0 Å². The Morgan fingerprint density at radius 1 is 1.75 bits per heavy atom. The van der Waals surface area contributed by atoms with Crippen molar-refractivity contribution < 1.29 is 0 Å². The van der Waals surface area contributed by atoms with Gasteiger partial charge in [0.25, 0.3) is 0 Å². The molecule has 0 radical (unpaired) electrons. The van der Waals surface area contributed by atoms with Crippen LogP contribution in [0.3, 0.4) is 0 Å². The molecule has 1 heterocycles. The van der Waals surface area contributed by atoms with Crippen LogP contribution in [0.1, 0.15) is 13.3 Å². The van der Waals surface area contributed by atoms with Crippen LogP contribution in [0, 0.1) is 0 Å². The Morgan fingerprint density at radius 3 is 2.88 bits per heavy atom. The first-order valence-electron chi connectivity index (χ1n) is 2.52. The number of rotatable bonds is 0. The third-order valence-electron chi connectivity index (χ3n) is 0.985. The van der Waals surface area contributed by atoms with E-state index in [-0.39, 0.29) is 0 Å². The van der Waals surface area contributed by atoms with Crippen molar-refractivity contribution in [3.63, 3.8) is 0 Å². The van der Waals surface area contributed by atoms with Crippen LogP contribution in [0.4, 0.5) is 0 Å². The summed E-state index contributed by atoms with van der Waals surface area (Å²) < 4.78 is 0.